The van der Waals surface area contributed by atoms with Crippen molar-refractivity contribution < 1.29 is 19.4 Å². The summed E-state index contributed by atoms with van der Waals surface area (Å²) in [5.74, 6) is -1.11. The third-order valence-corrected chi connectivity index (χ3v) is 2.74. The topological polar surface area (TPSA) is 115 Å². The van der Waals surface area contributed by atoms with E-state index in [-0.39, 0.29) is 18.8 Å². The lowest BCUT2D eigenvalue weighted by Crippen LogP contribution is -2.20. The quantitative estimate of drug-likeness (QED) is 0.651. The molecule has 2 rings (SSSR count). The number of carboxylic acids is 1. The van der Waals surface area contributed by atoms with Crippen LogP contribution in [0.5, 0.6) is 0 Å². The first-order valence-electron chi connectivity index (χ1n) is 6.31. The molecule has 1 aromatic carbocycles. The second-order valence-electron chi connectivity index (χ2n) is 4.32. The Balaban J connectivity index is 2.10. The molecule has 0 bridgehead atoms. The third-order valence-electron chi connectivity index (χ3n) is 2.74. The molecule has 7 nitrogen and oxygen atoms in total. The van der Waals surface area contributed by atoms with E-state index in [1.54, 1.807) is 24.3 Å². The Morgan fingerprint density at radius 1 is 1.33 bits per heavy atom. The van der Waals surface area contributed by atoms with Crippen LogP contribution in [0.1, 0.15) is 10.4 Å². The van der Waals surface area contributed by atoms with Gasteiger partial charge in [0.2, 0.25) is 5.91 Å². The molecule has 1 heterocycles. The van der Waals surface area contributed by atoms with Gasteiger partial charge in [0.25, 0.3) is 0 Å². The Bertz CT molecular complexity index is 672. The van der Waals surface area contributed by atoms with E-state index in [0.717, 1.165) is 0 Å². The minimum Gasteiger partial charge on any atom is -0.478 e. The number of aromatic nitrogens is 1. The molecule has 0 saturated carbocycles. The molecule has 0 radical (unpaired) electrons. The SMILES string of the molecule is NC(=O)COCCNc1cc(C(=O)O)c2ccccc2n1. The van der Waals surface area contributed by atoms with Gasteiger partial charge in [-0.05, 0) is 12.1 Å². The van der Waals surface area contributed by atoms with E-state index in [9.17, 15) is 14.7 Å². The van der Waals surface area contributed by atoms with Crippen LogP contribution in [0.25, 0.3) is 10.9 Å². The van der Waals surface area contributed by atoms with E-state index in [2.05, 4.69) is 10.3 Å². The standard InChI is InChI=1S/C14H15N3O4/c15-12(18)8-21-6-5-16-13-7-10(14(19)20)9-3-1-2-4-11(9)17-13/h1-4,7H,5-6,8H2,(H2,15,18)(H,16,17)(H,19,20). The molecule has 0 unspecified atom stereocenters. The summed E-state index contributed by atoms with van der Waals surface area (Å²) in [4.78, 5) is 26.1. The zero-order valence-corrected chi connectivity index (χ0v) is 11.2. The zero-order valence-electron chi connectivity index (χ0n) is 11.2. The van der Waals surface area contributed by atoms with Crippen molar-refractivity contribution >= 4 is 28.6 Å². The Kier molecular flexibility index (Phi) is 4.68. The van der Waals surface area contributed by atoms with Gasteiger partial charge in [0.1, 0.15) is 12.4 Å². The first kappa shape index (κ1) is 14.7. The van der Waals surface area contributed by atoms with Crippen LogP contribution in [-0.2, 0) is 9.53 Å². The van der Waals surface area contributed by atoms with Crippen LogP contribution in [0, 0.1) is 0 Å². The number of primary amides is 1. The molecule has 21 heavy (non-hydrogen) atoms. The number of anilines is 1. The molecule has 2 aromatic rings. The summed E-state index contributed by atoms with van der Waals surface area (Å²) in [7, 11) is 0. The van der Waals surface area contributed by atoms with Crippen LogP contribution < -0.4 is 11.1 Å². The summed E-state index contributed by atoms with van der Waals surface area (Å²) < 4.78 is 5.00. The number of amides is 1. The molecule has 0 spiro atoms. The molecule has 7 heteroatoms. The maximum atomic E-state index is 11.3. The lowest BCUT2D eigenvalue weighted by atomic mass is 10.1. The highest BCUT2D eigenvalue weighted by Gasteiger charge is 2.11. The minimum absolute atomic E-state index is 0.146. The van der Waals surface area contributed by atoms with Gasteiger partial charge in [0, 0.05) is 11.9 Å². The number of para-hydroxylation sites is 1. The van der Waals surface area contributed by atoms with Gasteiger partial charge in [-0.3, -0.25) is 4.79 Å². The van der Waals surface area contributed by atoms with Crippen LogP contribution >= 0.6 is 0 Å². The number of carbonyl (C=O) groups excluding carboxylic acids is 1. The van der Waals surface area contributed by atoms with Gasteiger partial charge < -0.3 is 20.9 Å². The lowest BCUT2D eigenvalue weighted by molar-refractivity contribution is -0.122. The Morgan fingerprint density at radius 3 is 2.81 bits per heavy atom. The first-order valence-corrected chi connectivity index (χ1v) is 6.31. The summed E-state index contributed by atoms with van der Waals surface area (Å²) in [6, 6.07) is 8.49. The van der Waals surface area contributed by atoms with E-state index < -0.39 is 11.9 Å². The highest BCUT2D eigenvalue weighted by atomic mass is 16.5. The van der Waals surface area contributed by atoms with Crippen molar-refractivity contribution in [2.24, 2.45) is 5.73 Å². The molecule has 1 amide bonds. The predicted octanol–water partition coefficient (Wildman–Crippen LogP) is 0.847. The van der Waals surface area contributed by atoms with E-state index in [4.69, 9.17) is 10.5 Å². The van der Waals surface area contributed by atoms with Gasteiger partial charge in [-0.15, -0.1) is 0 Å². The maximum absolute atomic E-state index is 11.3. The molecule has 0 fully saturated rings. The number of ether oxygens (including phenoxy) is 1. The van der Waals surface area contributed by atoms with Gasteiger partial charge in [-0.1, -0.05) is 18.2 Å². The minimum atomic E-state index is -1.01. The number of hydrogen-bond acceptors (Lipinski definition) is 5. The number of carbonyl (C=O) groups is 2. The lowest BCUT2D eigenvalue weighted by Gasteiger charge is -2.09. The fourth-order valence-corrected chi connectivity index (χ4v) is 1.87. The highest BCUT2D eigenvalue weighted by molar-refractivity contribution is 6.03. The van der Waals surface area contributed by atoms with Gasteiger partial charge in [-0.25, -0.2) is 9.78 Å². The normalized spacial score (nSPS) is 10.5. The number of nitrogens with two attached hydrogens (primary N) is 1. The number of carboxylic acid groups (broad SMARTS) is 1. The second-order valence-corrected chi connectivity index (χ2v) is 4.32. The van der Waals surface area contributed by atoms with E-state index in [1.165, 1.54) is 6.07 Å². The number of aromatic carboxylic acids is 1. The summed E-state index contributed by atoms with van der Waals surface area (Å²) in [6.45, 7) is 0.505. The zero-order chi connectivity index (χ0) is 15.2. The third kappa shape index (κ3) is 3.90. The Labute approximate surface area is 120 Å². The van der Waals surface area contributed by atoms with E-state index in [1.807, 2.05) is 0 Å². The van der Waals surface area contributed by atoms with Crippen molar-refractivity contribution in [3.63, 3.8) is 0 Å². The predicted molar refractivity (Wildman–Crippen MR) is 77.2 cm³/mol. The number of nitrogens with zero attached hydrogens (tertiary/aromatic N) is 1. The summed E-state index contributed by atoms with van der Waals surface area (Å²) in [6.07, 6.45) is 0. The molecule has 0 atom stereocenters. The summed E-state index contributed by atoms with van der Waals surface area (Å²) in [5, 5.41) is 12.8. The Morgan fingerprint density at radius 2 is 2.10 bits per heavy atom. The van der Waals surface area contributed by atoms with Gasteiger partial charge >= 0.3 is 5.97 Å². The summed E-state index contributed by atoms with van der Waals surface area (Å²) in [5.41, 5.74) is 5.72. The van der Waals surface area contributed by atoms with Crippen molar-refractivity contribution in [2.45, 2.75) is 0 Å². The van der Waals surface area contributed by atoms with Gasteiger partial charge in [0.15, 0.2) is 0 Å². The van der Waals surface area contributed by atoms with Crippen molar-refractivity contribution in [1.82, 2.24) is 4.98 Å². The second kappa shape index (κ2) is 6.67. The van der Waals surface area contributed by atoms with Crippen LogP contribution in [-0.4, -0.2) is 41.7 Å². The number of hydrogen-bond donors (Lipinski definition) is 3. The van der Waals surface area contributed by atoms with Crippen LogP contribution in [0.3, 0.4) is 0 Å². The average molecular weight is 289 g/mol. The van der Waals surface area contributed by atoms with E-state index in [0.29, 0.717) is 23.3 Å². The van der Waals surface area contributed by atoms with Crippen LogP contribution in [0.4, 0.5) is 5.82 Å². The molecule has 0 aliphatic heterocycles. The molecule has 0 aliphatic carbocycles. The Hall–Kier alpha value is -2.67. The number of pyridine rings is 1. The van der Waals surface area contributed by atoms with Crippen molar-refractivity contribution in [3.8, 4) is 0 Å². The van der Waals surface area contributed by atoms with Crippen molar-refractivity contribution in [2.75, 3.05) is 25.1 Å². The fourth-order valence-electron chi connectivity index (χ4n) is 1.87. The number of nitrogens with one attached hydrogen (secondary N) is 1. The number of fused-ring (bicyclic) bond motifs is 1. The highest BCUT2D eigenvalue weighted by Crippen LogP contribution is 2.20. The molecule has 110 valence electrons. The fraction of sp³-hybridized carbons (Fsp3) is 0.214. The molecule has 0 aliphatic rings. The molecule has 0 saturated heterocycles. The van der Waals surface area contributed by atoms with Crippen LogP contribution in [0.15, 0.2) is 30.3 Å². The van der Waals surface area contributed by atoms with Gasteiger partial charge in [0.05, 0.1) is 17.7 Å². The van der Waals surface area contributed by atoms with Crippen molar-refractivity contribution in [3.05, 3.63) is 35.9 Å². The van der Waals surface area contributed by atoms with E-state index >= 15 is 0 Å². The number of rotatable bonds is 7. The number of benzene rings is 1. The largest absolute Gasteiger partial charge is 0.478 e. The smallest absolute Gasteiger partial charge is 0.336 e. The van der Waals surface area contributed by atoms with Gasteiger partial charge in [-0.2, -0.15) is 0 Å². The monoisotopic (exact) mass is 289 g/mol. The van der Waals surface area contributed by atoms with Crippen LogP contribution in [0.2, 0.25) is 0 Å². The molecular formula is C14H15N3O4. The molecule has 4 N–H and O–H groups in total. The summed E-state index contributed by atoms with van der Waals surface area (Å²) >= 11 is 0. The first-order chi connectivity index (χ1) is 10.1. The maximum Gasteiger partial charge on any atom is 0.336 e. The molecule has 1 aromatic heterocycles. The van der Waals surface area contributed by atoms with Crippen molar-refractivity contribution in [1.29, 1.82) is 0 Å². The molecular weight excluding hydrogens is 274 g/mol. The average Bonchev–Trinajstić information content (AvgIpc) is 2.45.